The summed E-state index contributed by atoms with van der Waals surface area (Å²) < 4.78 is 35.7. The Balaban J connectivity index is 2.18. The van der Waals surface area contributed by atoms with Crippen LogP contribution in [0.15, 0.2) is 0 Å². The number of amides is 1. The van der Waals surface area contributed by atoms with Crippen molar-refractivity contribution in [3.8, 4) is 0 Å². The van der Waals surface area contributed by atoms with Crippen molar-refractivity contribution in [2.45, 2.75) is 6.18 Å². The Labute approximate surface area is 104 Å². The van der Waals surface area contributed by atoms with Crippen LogP contribution >= 0.6 is 0 Å². The fourth-order valence-electron chi connectivity index (χ4n) is 1.81. The quantitative estimate of drug-likeness (QED) is 0.688. The number of piperazine rings is 1. The van der Waals surface area contributed by atoms with Gasteiger partial charge in [0.15, 0.2) is 0 Å². The normalized spacial score (nSPS) is 18.9. The van der Waals surface area contributed by atoms with Crippen molar-refractivity contribution < 1.29 is 18.0 Å². The lowest BCUT2D eigenvalue weighted by Crippen LogP contribution is -2.50. The molecule has 0 aromatic carbocycles. The van der Waals surface area contributed by atoms with Crippen molar-refractivity contribution in [2.75, 3.05) is 52.4 Å². The zero-order chi connectivity index (χ0) is 13.6. The molecule has 0 radical (unpaired) electrons. The zero-order valence-corrected chi connectivity index (χ0v) is 10.2. The van der Waals surface area contributed by atoms with E-state index in [1.54, 1.807) is 0 Å². The molecule has 106 valence electrons. The molecule has 1 aliphatic heterocycles. The molecule has 0 spiro atoms. The van der Waals surface area contributed by atoms with Crippen molar-refractivity contribution >= 4 is 5.91 Å². The van der Waals surface area contributed by atoms with Gasteiger partial charge in [0.2, 0.25) is 5.91 Å². The van der Waals surface area contributed by atoms with Crippen LogP contribution in [-0.4, -0.2) is 74.2 Å². The van der Waals surface area contributed by atoms with Gasteiger partial charge in [0.25, 0.3) is 0 Å². The maximum absolute atomic E-state index is 11.9. The van der Waals surface area contributed by atoms with Crippen LogP contribution in [0, 0.1) is 0 Å². The molecule has 1 amide bonds. The topological polar surface area (TPSA) is 61.6 Å². The number of nitrogens with zero attached hydrogens (tertiary/aromatic N) is 2. The summed E-state index contributed by atoms with van der Waals surface area (Å²) in [4.78, 5) is 15.3. The highest BCUT2D eigenvalue weighted by molar-refractivity contribution is 5.78. The number of nitrogens with one attached hydrogen (secondary N) is 1. The third kappa shape index (κ3) is 6.18. The van der Waals surface area contributed by atoms with Gasteiger partial charge in [-0.15, -0.1) is 0 Å². The lowest BCUT2D eigenvalue weighted by Gasteiger charge is -2.33. The number of nitrogens with two attached hydrogens (primary N) is 1. The van der Waals surface area contributed by atoms with Gasteiger partial charge in [-0.25, -0.2) is 0 Å². The van der Waals surface area contributed by atoms with Gasteiger partial charge >= 0.3 is 6.18 Å². The third-order valence-electron chi connectivity index (χ3n) is 2.76. The van der Waals surface area contributed by atoms with E-state index in [9.17, 15) is 18.0 Å². The minimum Gasteiger partial charge on any atom is -0.346 e. The van der Waals surface area contributed by atoms with E-state index < -0.39 is 18.6 Å². The van der Waals surface area contributed by atoms with Crippen LogP contribution in [0.5, 0.6) is 0 Å². The largest absolute Gasteiger partial charge is 0.405 e. The molecule has 5 nitrogen and oxygen atoms in total. The summed E-state index contributed by atoms with van der Waals surface area (Å²) >= 11 is 0. The van der Waals surface area contributed by atoms with Crippen molar-refractivity contribution in [3.05, 3.63) is 0 Å². The van der Waals surface area contributed by atoms with Crippen LogP contribution in [0.1, 0.15) is 0 Å². The van der Waals surface area contributed by atoms with Crippen molar-refractivity contribution in [3.63, 3.8) is 0 Å². The number of halogens is 3. The first-order valence-electron chi connectivity index (χ1n) is 5.89. The highest BCUT2D eigenvalue weighted by Gasteiger charge is 2.28. The molecule has 1 heterocycles. The SMILES string of the molecule is NCCN1CCN(CC(=O)NCC(F)(F)F)CC1. The van der Waals surface area contributed by atoms with E-state index in [1.165, 1.54) is 0 Å². The lowest BCUT2D eigenvalue weighted by atomic mass is 10.3. The predicted octanol–water partition coefficient (Wildman–Crippen LogP) is -0.759. The molecule has 0 bridgehead atoms. The van der Waals surface area contributed by atoms with Crippen molar-refractivity contribution in [1.29, 1.82) is 0 Å². The second kappa shape index (κ2) is 6.91. The van der Waals surface area contributed by atoms with E-state index in [0.29, 0.717) is 19.6 Å². The van der Waals surface area contributed by atoms with E-state index >= 15 is 0 Å². The molecule has 0 saturated carbocycles. The standard InChI is InChI=1S/C10H19F3N4O/c11-10(12,13)8-15-9(18)7-17-5-3-16(2-1-14)4-6-17/h1-8,14H2,(H,15,18). The number of hydrogen-bond donors (Lipinski definition) is 2. The molecule has 0 aromatic heterocycles. The number of rotatable bonds is 5. The first kappa shape index (κ1) is 15.2. The third-order valence-corrected chi connectivity index (χ3v) is 2.76. The van der Waals surface area contributed by atoms with Gasteiger partial charge in [-0.1, -0.05) is 0 Å². The number of hydrogen-bond acceptors (Lipinski definition) is 4. The monoisotopic (exact) mass is 268 g/mol. The van der Waals surface area contributed by atoms with Crippen LogP contribution < -0.4 is 11.1 Å². The summed E-state index contributed by atoms with van der Waals surface area (Å²) in [7, 11) is 0. The molecule has 0 atom stereocenters. The van der Waals surface area contributed by atoms with Crippen LogP contribution in [0.25, 0.3) is 0 Å². The predicted molar refractivity (Wildman–Crippen MR) is 61.0 cm³/mol. The van der Waals surface area contributed by atoms with E-state index in [1.807, 2.05) is 10.2 Å². The van der Waals surface area contributed by atoms with Gasteiger partial charge in [-0.3, -0.25) is 14.6 Å². The van der Waals surface area contributed by atoms with Gasteiger partial charge in [-0.05, 0) is 0 Å². The second-order valence-corrected chi connectivity index (χ2v) is 4.30. The number of carbonyl (C=O) groups is 1. The average Bonchev–Trinajstić information content (AvgIpc) is 2.29. The maximum atomic E-state index is 11.9. The summed E-state index contributed by atoms with van der Waals surface area (Å²) in [5, 5.41) is 1.87. The highest BCUT2D eigenvalue weighted by atomic mass is 19.4. The average molecular weight is 268 g/mol. The molecular weight excluding hydrogens is 249 g/mol. The highest BCUT2D eigenvalue weighted by Crippen LogP contribution is 2.12. The molecule has 18 heavy (non-hydrogen) atoms. The van der Waals surface area contributed by atoms with Crippen LogP contribution in [0.2, 0.25) is 0 Å². The molecule has 0 aromatic rings. The van der Waals surface area contributed by atoms with E-state index in [2.05, 4.69) is 4.90 Å². The Morgan fingerprint density at radius 3 is 2.22 bits per heavy atom. The summed E-state index contributed by atoms with van der Waals surface area (Å²) in [6, 6.07) is 0. The first-order valence-corrected chi connectivity index (χ1v) is 5.89. The van der Waals surface area contributed by atoms with Gasteiger partial charge in [-0.2, -0.15) is 13.2 Å². The van der Waals surface area contributed by atoms with Gasteiger partial charge in [0.05, 0.1) is 6.54 Å². The minimum atomic E-state index is -4.35. The molecule has 0 unspecified atom stereocenters. The Morgan fingerprint density at radius 2 is 1.72 bits per heavy atom. The minimum absolute atomic E-state index is 0.0204. The Morgan fingerprint density at radius 1 is 1.17 bits per heavy atom. The smallest absolute Gasteiger partial charge is 0.346 e. The molecule has 1 fully saturated rings. The lowest BCUT2D eigenvalue weighted by molar-refractivity contribution is -0.139. The molecule has 3 N–H and O–H groups in total. The molecule has 1 saturated heterocycles. The Bertz CT molecular complexity index is 264. The Kier molecular flexibility index (Phi) is 5.83. The maximum Gasteiger partial charge on any atom is 0.405 e. The summed E-state index contributed by atoms with van der Waals surface area (Å²) in [5.74, 6) is -0.584. The molecular formula is C10H19F3N4O. The number of alkyl halides is 3. The van der Waals surface area contributed by atoms with Gasteiger partial charge in [0.1, 0.15) is 6.54 Å². The fourth-order valence-corrected chi connectivity index (χ4v) is 1.81. The summed E-state index contributed by atoms with van der Waals surface area (Å²) in [6.45, 7) is 3.11. The van der Waals surface area contributed by atoms with E-state index in [0.717, 1.165) is 19.6 Å². The van der Waals surface area contributed by atoms with Crippen LogP contribution in [0.4, 0.5) is 13.2 Å². The van der Waals surface area contributed by atoms with Crippen LogP contribution in [0.3, 0.4) is 0 Å². The van der Waals surface area contributed by atoms with Crippen molar-refractivity contribution in [1.82, 2.24) is 15.1 Å². The number of carbonyl (C=O) groups excluding carboxylic acids is 1. The van der Waals surface area contributed by atoms with Gasteiger partial charge in [0, 0.05) is 39.3 Å². The summed E-state index contributed by atoms with van der Waals surface area (Å²) in [5.41, 5.74) is 5.43. The molecule has 0 aliphatic carbocycles. The van der Waals surface area contributed by atoms with Crippen LogP contribution in [-0.2, 0) is 4.79 Å². The van der Waals surface area contributed by atoms with E-state index in [4.69, 9.17) is 5.73 Å². The molecule has 8 heteroatoms. The van der Waals surface area contributed by atoms with Crippen molar-refractivity contribution in [2.24, 2.45) is 5.73 Å². The first-order chi connectivity index (χ1) is 8.40. The molecule has 1 aliphatic rings. The van der Waals surface area contributed by atoms with Gasteiger partial charge < -0.3 is 11.1 Å². The fraction of sp³-hybridized carbons (Fsp3) is 0.900. The summed E-state index contributed by atoms with van der Waals surface area (Å²) in [6.07, 6.45) is -4.35. The second-order valence-electron chi connectivity index (χ2n) is 4.30. The molecule has 1 rings (SSSR count). The van der Waals surface area contributed by atoms with E-state index in [-0.39, 0.29) is 6.54 Å². The Hall–Kier alpha value is -0.860. The zero-order valence-electron chi connectivity index (χ0n) is 10.2.